The van der Waals surface area contributed by atoms with Gasteiger partial charge in [0.1, 0.15) is 5.78 Å². The summed E-state index contributed by atoms with van der Waals surface area (Å²) < 4.78 is 25.5. The van der Waals surface area contributed by atoms with Gasteiger partial charge in [0.05, 0.1) is 5.75 Å². The van der Waals surface area contributed by atoms with Gasteiger partial charge in [-0.15, -0.1) is 0 Å². The molecule has 0 saturated carbocycles. The van der Waals surface area contributed by atoms with E-state index in [2.05, 4.69) is 9.62 Å². The Bertz CT molecular complexity index is 446. The number of carbonyl (C=O) groups excluding carboxylic acids is 2. The number of hydrogen-bond donors (Lipinski definition) is 1. The van der Waals surface area contributed by atoms with Crippen LogP contribution in [0.2, 0.25) is 0 Å². The van der Waals surface area contributed by atoms with Gasteiger partial charge in [-0.05, 0) is 39.4 Å². The molecular weight excluding hydrogens is 304 g/mol. The summed E-state index contributed by atoms with van der Waals surface area (Å²) in [5.74, 6) is -0.573. The molecule has 0 aromatic carbocycles. The van der Waals surface area contributed by atoms with Crippen molar-refractivity contribution in [3.05, 3.63) is 0 Å². The average Bonchev–Trinajstić information content (AvgIpc) is 2.42. The quantitative estimate of drug-likeness (QED) is 0.548. The lowest BCUT2D eigenvalue weighted by molar-refractivity contribution is -0.122. The number of carbonyl (C=O) groups is 2. The Morgan fingerprint density at radius 1 is 1.09 bits per heavy atom. The molecule has 1 N–H and O–H groups in total. The van der Waals surface area contributed by atoms with Crippen molar-refractivity contribution in [2.24, 2.45) is 5.92 Å². The summed E-state index contributed by atoms with van der Waals surface area (Å²) in [6, 6.07) is 0. The van der Waals surface area contributed by atoms with Crippen LogP contribution in [0.15, 0.2) is 0 Å². The van der Waals surface area contributed by atoms with Gasteiger partial charge in [-0.1, -0.05) is 20.8 Å². The van der Waals surface area contributed by atoms with Crippen LogP contribution in [-0.2, 0) is 19.6 Å². The lowest BCUT2D eigenvalue weighted by Gasteiger charge is -2.16. The monoisotopic (exact) mass is 334 g/mol. The van der Waals surface area contributed by atoms with E-state index in [9.17, 15) is 18.0 Å². The van der Waals surface area contributed by atoms with Crippen LogP contribution in [0, 0.1) is 5.92 Å². The molecule has 0 radical (unpaired) electrons. The highest BCUT2D eigenvalue weighted by Crippen LogP contribution is 2.02. The lowest BCUT2D eigenvalue weighted by Crippen LogP contribution is -2.36. The van der Waals surface area contributed by atoms with Gasteiger partial charge < -0.3 is 4.90 Å². The Labute approximate surface area is 134 Å². The molecule has 0 atom stereocenters. The molecule has 0 aliphatic rings. The molecule has 1 amide bonds. The maximum Gasteiger partial charge on any atom is 0.235 e. The van der Waals surface area contributed by atoms with Crippen LogP contribution in [0.25, 0.3) is 0 Å². The number of amides is 1. The van der Waals surface area contributed by atoms with Crippen molar-refractivity contribution in [1.82, 2.24) is 9.62 Å². The molecule has 0 aromatic rings. The number of nitrogens with one attached hydrogen (secondary N) is 1. The molecule has 130 valence electrons. The second-order valence-corrected chi connectivity index (χ2v) is 7.79. The van der Waals surface area contributed by atoms with Gasteiger partial charge >= 0.3 is 0 Å². The third-order valence-corrected chi connectivity index (χ3v) is 4.71. The van der Waals surface area contributed by atoms with Crippen molar-refractivity contribution in [3.8, 4) is 0 Å². The number of ketones is 1. The van der Waals surface area contributed by atoms with E-state index in [0.717, 1.165) is 19.4 Å². The van der Waals surface area contributed by atoms with Crippen LogP contribution in [0.3, 0.4) is 0 Å². The smallest absolute Gasteiger partial charge is 0.235 e. The molecule has 0 unspecified atom stereocenters. The maximum absolute atomic E-state index is 11.7. The van der Waals surface area contributed by atoms with Crippen LogP contribution in [0.5, 0.6) is 0 Å². The summed E-state index contributed by atoms with van der Waals surface area (Å²) >= 11 is 0. The predicted molar refractivity (Wildman–Crippen MR) is 88.0 cm³/mol. The SMILES string of the molecule is CCC(=O)CCCCN(C)CCCS(=O)(=O)NC(=O)C(C)C. The van der Waals surface area contributed by atoms with Gasteiger partial charge in [0, 0.05) is 18.8 Å². The van der Waals surface area contributed by atoms with Gasteiger partial charge in [0.25, 0.3) is 0 Å². The first-order valence-electron chi connectivity index (χ1n) is 7.92. The molecule has 0 rings (SSSR count). The number of hydrogen-bond acceptors (Lipinski definition) is 5. The van der Waals surface area contributed by atoms with E-state index in [4.69, 9.17) is 0 Å². The molecule has 0 aromatic heterocycles. The van der Waals surface area contributed by atoms with Gasteiger partial charge in [0.2, 0.25) is 15.9 Å². The number of rotatable bonds is 12. The van der Waals surface area contributed by atoms with Gasteiger partial charge in [0.15, 0.2) is 0 Å². The second-order valence-electron chi connectivity index (χ2n) is 5.95. The van der Waals surface area contributed by atoms with Crippen molar-refractivity contribution in [2.75, 3.05) is 25.9 Å². The zero-order valence-corrected chi connectivity index (χ0v) is 15.0. The fourth-order valence-corrected chi connectivity index (χ4v) is 2.99. The highest BCUT2D eigenvalue weighted by molar-refractivity contribution is 7.90. The third kappa shape index (κ3) is 10.7. The molecular formula is C15H30N2O4S. The fraction of sp³-hybridized carbons (Fsp3) is 0.867. The molecule has 0 spiro atoms. The summed E-state index contributed by atoms with van der Waals surface area (Å²) in [5.41, 5.74) is 0. The summed E-state index contributed by atoms with van der Waals surface area (Å²) in [7, 11) is -1.60. The van der Waals surface area contributed by atoms with E-state index < -0.39 is 15.9 Å². The van der Waals surface area contributed by atoms with E-state index in [1.807, 2.05) is 14.0 Å². The van der Waals surface area contributed by atoms with Gasteiger partial charge in [-0.2, -0.15) is 0 Å². The average molecular weight is 334 g/mol. The number of sulfonamides is 1. The highest BCUT2D eigenvalue weighted by Gasteiger charge is 2.16. The fourth-order valence-electron chi connectivity index (χ4n) is 1.84. The summed E-state index contributed by atoms with van der Waals surface area (Å²) in [4.78, 5) is 24.6. The van der Waals surface area contributed by atoms with Crippen molar-refractivity contribution in [1.29, 1.82) is 0 Å². The predicted octanol–water partition coefficient (Wildman–Crippen LogP) is 1.56. The standard InChI is InChI=1S/C15H30N2O4S/c1-5-14(18)9-6-7-10-17(4)11-8-12-22(20,21)16-15(19)13(2)3/h13H,5-12H2,1-4H3,(H,16,19). The molecule has 22 heavy (non-hydrogen) atoms. The molecule has 0 aliphatic heterocycles. The Balaban J connectivity index is 3.85. The minimum absolute atomic E-state index is 0.0515. The Morgan fingerprint density at radius 2 is 1.68 bits per heavy atom. The zero-order chi connectivity index (χ0) is 17.2. The van der Waals surface area contributed by atoms with Crippen LogP contribution < -0.4 is 4.72 Å². The maximum atomic E-state index is 11.7. The molecule has 0 aliphatic carbocycles. The Kier molecular flexibility index (Phi) is 10.3. The van der Waals surface area contributed by atoms with E-state index in [1.54, 1.807) is 13.8 Å². The topological polar surface area (TPSA) is 83.6 Å². The zero-order valence-electron chi connectivity index (χ0n) is 14.2. The van der Waals surface area contributed by atoms with Crippen molar-refractivity contribution >= 4 is 21.7 Å². The highest BCUT2D eigenvalue weighted by atomic mass is 32.2. The van der Waals surface area contributed by atoms with Gasteiger partial charge in [-0.25, -0.2) is 8.42 Å². The minimum atomic E-state index is -3.53. The van der Waals surface area contributed by atoms with Gasteiger partial charge in [-0.3, -0.25) is 14.3 Å². The van der Waals surface area contributed by atoms with Crippen molar-refractivity contribution in [2.45, 2.75) is 52.9 Å². The molecule has 0 saturated heterocycles. The first-order valence-corrected chi connectivity index (χ1v) is 9.57. The van der Waals surface area contributed by atoms with Crippen LogP contribution in [-0.4, -0.2) is 50.9 Å². The van der Waals surface area contributed by atoms with Crippen molar-refractivity contribution in [3.63, 3.8) is 0 Å². The summed E-state index contributed by atoms with van der Waals surface area (Å²) in [6.45, 7) is 6.67. The van der Waals surface area contributed by atoms with Crippen molar-refractivity contribution < 1.29 is 18.0 Å². The molecule has 0 fully saturated rings. The number of Topliss-reactive ketones (excluding diaryl/α,β-unsaturated/α-hetero) is 1. The lowest BCUT2D eigenvalue weighted by atomic mass is 10.1. The second kappa shape index (κ2) is 10.7. The molecule has 6 nitrogen and oxygen atoms in total. The Morgan fingerprint density at radius 3 is 2.23 bits per heavy atom. The Hall–Kier alpha value is -0.950. The van der Waals surface area contributed by atoms with Crippen LogP contribution in [0.4, 0.5) is 0 Å². The number of unbranched alkanes of at least 4 members (excludes halogenated alkanes) is 1. The summed E-state index contributed by atoms with van der Waals surface area (Å²) in [5, 5.41) is 0. The van der Waals surface area contributed by atoms with Crippen LogP contribution in [0.1, 0.15) is 52.9 Å². The largest absolute Gasteiger partial charge is 0.306 e. The van der Waals surface area contributed by atoms with E-state index in [0.29, 0.717) is 25.8 Å². The molecule has 0 bridgehead atoms. The first kappa shape index (κ1) is 21.0. The normalized spacial score (nSPS) is 11.9. The van der Waals surface area contributed by atoms with E-state index in [-0.39, 0.29) is 17.5 Å². The first-order chi connectivity index (χ1) is 10.2. The van der Waals surface area contributed by atoms with E-state index >= 15 is 0 Å². The molecule has 7 heteroatoms. The number of nitrogens with zero attached hydrogens (tertiary/aromatic N) is 1. The third-order valence-electron chi connectivity index (χ3n) is 3.37. The minimum Gasteiger partial charge on any atom is -0.306 e. The summed E-state index contributed by atoms with van der Waals surface area (Å²) in [6.07, 6.45) is 3.50. The molecule has 0 heterocycles. The van der Waals surface area contributed by atoms with Crippen LogP contribution >= 0.6 is 0 Å². The van der Waals surface area contributed by atoms with E-state index in [1.165, 1.54) is 0 Å².